The number of nitrogens with zero attached hydrogens (tertiary/aromatic N) is 1. The van der Waals surface area contributed by atoms with Gasteiger partial charge in [-0.15, -0.1) is 0 Å². The largest absolute Gasteiger partial charge is 0.480 e. The molecule has 0 unspecified atom stereocenters. The quantitative estimate of drug-likeness (QED) is 0.785. The molecule has 0 atom stereocenters. The third kappa shape index (κ3) is 2.72. The lowest BCUT2D eigenvalue weighted by Gasteiger charge is -2.11. The lowest BCUT2D eigenvalue weighted by molar-refractivity contribution is -0.137. The summed E-state index contributed by atoms with van der Waals surface area (Å²) in [5.74, 6) is -0.847. The Kier molecular flexibility index (Phi) is 3.56. The molecule has 21 heavy (non-hydrogen) atoms. The van der Waals surface area contributed by atoms with E-state index in [4.69, 9.17) is 0 Å². The lowest BCUT2D eigenvalue weighted by Crippen LogP contribution is -2.11. The first-order chi connectivity index (χ1) is 10.3. The van der Waals surface area contributed by atoms with Gasteiger partial charge in [0.25, 0.3) is 0 Å². The van der Waals surface area contributed by atoms with Crippen LogP contribution < -0.4 is 0 Å². The molecule has 1 aromatic heterocycles. The Balaban J connectivity index is 2.14. The summed E-state index contributed by atoms with van der Waals surface area (Å²) >= 11 is 0. The first-order valence-corrected chi connectivity index (χ1v) is 6.78. The number of hydrogen-bond donors (Lipinski definition) is 1. The van der Waals surface area contributed by atoms with Crippen molar-refractivity contribution in [1.82, 2.24) is 4.57 Å². The number of benzene rings is 2. The smallest absolute Gasteiger partial charge is 0.323 e. The highest BCUT2D eigenvalue weighted by Crippen LogP contribution is 2.28. The van der Waals surface area contributed by atoms with Gasteiger partial charge in [0.05, 0.1) is 0 Å². The second-order valence-corrected chi connectivity index (χ2v) is 4.82. The van der Waals surface area contributed by atoms with Crippen molar-refractivity contribution >= 4 is 5.97 Å². The van der Waals surface area contributed by atoms with Crippen LogP contribution in [0.25, 0.3) is 22.5 Å². The number of carbonyl (C=O) groups is 1. The fraction of sp³-hybridized carbons (Fsp3) is 0.0556. The minimum atomic E-state index is -0.847. The van der Waals surface area contributed by atoms with Gasteiger partial charge in [0, 0.05) is 11.4 Å². The number of hydrogen-bond acceptors (Lipinski definition) is 1. The van der Waals surface area contributed by atoms with E-state index < -0.39 is 5.97 Å². The number of rotatable bonds is 4. The van der Waals surface area contributed by atoms with Gasteiger partial charge in [-0.1, -0.05) is 60.7 Å². The third-order valence-corrected chi connectivity index (χ3v) is 3.41. The van der Waals surface area contributed by atoms with Gasteiger partial charge < -0.3 is 9.67 Å². The maximum absolute atomic E-state index is 11.2. The maximum atomic E-state index is 11.2. The molecule has 0 aliphatic rings. The van der Waals surface area contributed by atoms with E-state index in [1.807, 2.05) is 77.4 Å². The van der Waals surface area contributed by atoms with E-state index in [1.54, 1.807) is 0 Å². The van der Waals surface area contributed by atoms with Crippen LogP contribution >= 0.6 is 0 Å². The van der Waals surface area contributed by atoms with Crippen molar-refractivity contribution in [2.45, 2.75) is 6.54 Å². The van der Waals surface area contributed by atoms with Crippen LogP contribution in [-0.2, 0) is 11.3 Å². The SMILES string of the molecule is O=C(O)Cn1c(-c2ccccc2)ccc1-c1ccccc1. The summed E-state index contributed by atoms with van der Waals surface area (Å²) < 4.78 is 1.84. The Hall–Kier alpha value is -2.81. The zero-order valence-corrected chi connectivity index (χ0v) is 11.4. The molecule has 0 bridgehead atoms. The second kappa shape index (κ2) is 5.67. The molecule has 0 aliphatic heterocycles. The Morgan fingerprint density at radius 2 is 1.19 bits per heavy atom. The number of aliphatic carboxylic acids is 1. The standard InChI is InChI=1S/C18H15NO2/c20-18(21)13-19-16(14-7-3-1-4-8-14)11-12-17(19)15-9-5-2-6-10-15/h1-12H,13H2,(H,20,21). The first kappa shape index (κ1) is 13.2. The van der Waals surface area contributed by atoms with E-state index in [9.17, 15) is 9.90 Å². The molecule has 1 N–H and O–H groups in total. The van der Waals surface area contributed by atoms with Crippen molar-refractivity contribution < 1.29 is 9.90 Å². The predicted molar refractivity (Wildman–Crippen MR) is 82.9 cm³/mol. The van der Waals surface area contributed by atoms with Crippen LogP contribution in [0.15, 0.2) is 72.8 Å². The molecule has 0 fully saturated rings. The summed E-state index contributed by atoms with van der Waals surface area (Å²) in [4.78, 5) is 11.2. The Labute approximate surface area is 123 Å². The van der Waals surface area contributed by atoms with Crippen LogP contribution in [0.3, 0.4) is 0 Å². The molecule has 2 aromatic carbocycles. The zero-order chi connectivity index (χ0) is 14.7. The molecule has 3 nitrogen and oxygen atoms in total. The topological polar surface area (TPSA) is 42.2 Å². The van der Waals surface area contributed by atoms with Crippen LogP contribution in [0.5, 0.6) is 0 Å². The number of aromatic nitrogens is 1. The molecule has 3 heteroatoms. The number of carboxylic acids is 1. The molecule has 0 amide bonds. The van der Waals surface area contributed by atoms with E-state index in [0.717, 1.165) is 22.5 Å². The third-order valence-electron chi connectivity index (χ3n) is 3.41. The molecule has 3 aromatic rings. The molecular formula is C18H15NO2. The minimum absolute atomic E-state index is 0.0541. The van der Waals surface area contributed by atoms with Gasteiger partial charge >= 0.3 is 5.97 Å². The van der Waals surface area contributed by atoms with Crippen LogP contribution in [0, 0.1) is 0 Å². The van der Waals surface area contributed by atoms with Crippen LogP contribution in [0.4, 0.5) is 0 Å². The molecule has 1 heterocycles. The van der Waals surface area contributed by atoms with E-state index in [0.29, 0.717) is 0 Å². The fourth-order valence-corrected chi connectivity index (χ4v) is 2.50. The summed E-state index contributed by atoms with van der Waals surface area (Å²) in [5.41, 5.74) is 3.86. The van der Waals surface area contributed by atoms with Gasteiger partial charge in [0.15, 0.2) is 0 Å². The van der Waals surface area contributed by atoms with Gasteiger partial charge in [0.2, 0.25) is 0 Å². The second-order valence-electron chi connectivity index (χ2n) is 4.82. The van der Waals surface area contributed by atoms with Crippen LogP contribution in [-0.4, -0.2) is 15.6 Å². The predicted octanol–water partition coefficient (Wildman–Crippen LogP) is 3.91. The maximum Gasteiger partial charge on any atom is 0.323 e. The van der Waals surface area contributed by atoms with Crippen molar-refractivity contribution in [3.63, 3.8) is 0 Å². The van der Waals surface area contributed by atoms with Crippen molar-refractivity contribution in [3.05, 3.63) is 72.8 Å². The molecule has 3 rings (SSSR count). The molecule has 104 valence electrons. The van der Waals surface area contributed by atoms with Crippen molar-refractivity contribution in [3.8, 4) is 22.5 Å². The lowest BCUT2D eigenvalue weighted by atomic mass is 10.1. The highest BCUT2D eigenvalue weighted by atomic mass is 16.4. The van der Waals surface area contributed by atoms with Gasteiger partial charge in [0.1, 0.15) is 6.54 Å². The highest BCUT2D eigenvalue weighted by Gasteiger charge is 2.13. The van der Waals surface area contributed by atoms with Gasteiger partial charge in [-0.05, 0) is 23.3 Å². The van der Waals surface area contributed by atoms with E-state index in [1.165, 1.54) is 0 Å². The van der Waals surface area contributed by atoms with E-state index in [-0.39, 0.29) is 6.54 Å². The van der Waals surface area contributed by atoms with E-state index >= 15 is 0 Å². The number of carboxylic acid groups (broad SMARTS) is 1. The van der Waals surface area contributed by atoms with Crippen LogP contribution in [0.1, 0.15) is 0 Å². The zero-order valence-electron chi connectivity index (χ0n) is 11.4. The first-order valence-electron chi connectivity index (χ1n) is 6.78. The Morgan fingerprint density at radius 1 is 0.762 bits per heavy atom. The molecule has 0 radical (unpaired) electrons. The summed E-state index contributed by atoms with van der Waals surface area (Å²) in [6.07, 6.45) is 0. The van der Waals surface area contributed by atoms with Gasteiger partial charge in [-0.2, -0.15) is 0 Å². The molecule has 0 saturated carbocycles. The van der Waals surface area contributed by atoms with Gasteiger partial charge in [-0.25, -0.2) is 0 Å². The molecular weight excluding hydrogens is 262 g/mol. The van der Waals surface area contributed by atoms with Crippen molar-refractivity contribution in [1.29, 1.82) is 0 Å². The summed E-state index contributed by atoms with van der Waals surface area (Å²) in [6, 6.07) is 23.6. The average molecular weight is 277 g/mol. The van der Waals surface area contributed by atoms with Crippen molar-refractivity contribution in [2.24, 2.45) is 0 Å². The average Bonchev–Trinajstić information content (AvgIpc) is 2.92. The minimum Gasteiger partial charge on any atom is -0.480 e. The fourth-order valence-electron chi connectivity index (χ4n) is 2.50. The molecule has 0 aliphatic carbocycles. The Morgan fingerprint density at radius 3 is 1.57 bits per heavy atom. The van der Waals surface area contributed by atoms with Crippen molar-refractivity contribution in [2.75, 3.05) is 0 Å². The molecule has 0 spiro atoms. The highest BCUT2D eigenvalue weighted by molar-refractivity contribution is 5.74. The normalized spacial score (nSPS) is 10.5. The monoisotopic (exact) mass is 277 g/mol. The summed E-state index contributed by atoms with van der Waals surface area (Å²) in [5, 5.41) is 9.21. The Bertz CT molecular complexity index is 688. The van der Waals surface area contributed by atoms with Crippen LogP contribution in [0.2, 0.25) is 0 Å². The molecule has 0 saturated heterocycles. The van der Waals surface area contributed by atoms with Gasteiger partial charge in [-0.3, -0.25) is 4.79 Å². The van der Waals surface area contributed by atoms with E-state index in [2.05, 4.69) is 0 Å². The summed E-state index contributed by atoms with van der Waals surface area (Å²) in [6.45, 7) is -0.0541. The summed E-state index contributed by atoms with van der Waals surface area (Å²) in [7, 11) is 0.